The third kappa shape index (κ3) is 2.79. The van der Waals surface area contributed by atoms with E-state index in [1.54, 1.807) is 7.11 Å². The van der Waals surface area contributed by atoms with Gasteiger partial charge in [-0.1, -0.05) is 18.6 Å². The molecular weight excluding hydrogens is 236 g/mol. The number of aliphatic hydroxyl groups is 1. The molecule has 19 heavy (non-hydrogen) atoms. The summed E-state index contributed by atoms with van der Waals surface area (Å²) in [7, 11) is 1.69. The van der Waals surface area contributed by atoms with Crippen molar-refractivity contribution in [1.29, 1.82) is 0 Å². The zero-order chi connectivity index (χ0) is 13.2. The first-order chi connectivity index (χ1) is 9.26. The summed E-state index contributed by atoms with van der Waals surface area (Å²) in [5.41, 5.74) is 1.29. The summed E-state index contributed by atoms with van der Waals surface area (Å²) in [5, 5.41) is 10.4. The largest absolute Gasteiger partial charge is 0.497 e. The van der Waals surface area contributed by atoms with Crippen LogP contribution in [-0.4, -0.2) is 18.3 Å². The average molecular weight is 260 g/mol. The van der Waals surface area contributed by atoms with Gasteiger partial charge in [0.15, 0.2) is 0 Å². The number of hydrogen-bond donors (Lipinski definition) is 1. The molecule has 2 saturated carbocycles. The van der Waals surface area contributed by atoms with Crippen LogP contribution in [0.1, 0.15) is 37.7 Å². The molecule has 4 unspecified atom stereocenters. The SMILES string of the molecule is COc1ccc(CCC(O)C2CC3CCC2C3)cc1. The summed E-state index contributed by atoms with van der Waals surface area (Å²) in [6.07, 6.45) is 7.19. The zero-order valence-electron chi connectivity index (χ0n) is 11.7. The number of aryl methyl sites for hydroxylation is 1. The lowest BCUT2D eigenvalue weighted by atomic mass is 9.83. The van der Waals surface area contributed by atoms with Crippen LogP contribution in [-0.2, 0) is 6.42 Å². The first kappa shape index (κ1) is 13.0. The van der Waals surface area contributed by atoms with Crippen LogP contribution < -0.4 is 4.74 Å². The molecule has 2 fully saturated rings. The predicted octanol–water partition coefficient (Wildman–Crippen LogP) is 3.42. The van der Waals surface area contributed by atoms with Crippen molar-refractivity contribution in [3.05, 3.63) is 29.8 Å². The Hall–Kier alpha value is -1.02. The van der Waals surface area contributed by atoms with Gasteiger partial charge in [0.2, 0.25) is 0 Å². The van der Waals surface area contributed by atoms with Crippen LogP contribution in [0.5, 0.6) is 5.75 Å². The van der Waals surface area contributed by atoms with Gasteiger partial charge in [-0.15, -0.1) is 0 Å². The summed E-state index contributed by atoms with van der Waals surface area (Å²) in [6, 6.07) is 8.21. The number of fused-ring (bicyclic) bond motifs is 2. The van der Waals surface area contributed by atoms with Gasteiger partial charge in [-0.05, 0) is 67.6 Å². The molecule has 3 rings (SSSR count). The molecule has 0 aromatic heterocycles. The molecule has 2 aliphatic carbocycles. The van der Waals surface area contributed by atoms with Crippen LogP contribution >= 0.6 is 0 Å². The second-order valence-corrected chi connectivity index (χ2v) is 6.29. The molecule has 0 radical (unpaired) electrons. The van der Waals surface area contributed by atoms with Crippen LogP contribution in [0.4, 0.5) is 0 Å². The molecule has 0 amide bonds. The Morgan fingerprint density at radius 3 is 2.58 bits per heavy atom. The van der Waals surface area contributed by atoms with E-state index in [9.17, 15) is 5.11 Å². The summed E-state index contributed by atoms with van der Waals surface area (Å²) in [4.78, 5) is 0. The van der Waals surface area contributed by atoms with Crippen molar-refractivity contribution in [1.82, 2.24) is 0 Å². The third-order valence-corrected chi connectivity index (χ3v) is 5.17. The van der Waals surface area contributed by atoms with Crippen molar-refractivity contribution >= 4 is 0 Å². The number of benzene rings is 1. The van der Waals surface area contributed by atoms with E-state index in [4.69, 9.17) is 4.74 Å². The zero-order valence-corrected chi connectivity index (χ0v) is 11.7. The van der Waals surface area contributed by atoms with Crippen molar-refractivity contribution in [2.24, 2.45) is 17.8 Å². The maximum absolute atomic E-state index is 10.4. The molecule has 0 spiro atoms. The lowest BCUT2D eigenvalue weighted by Gasteiger charge is -2.26. The minimum Gasteiger partial charge on any atom is -0.497 e. The van der Waals surface area contributed by atoms with Gasteiger partial charge in [0.25, 0.3) is 0 Å². The molecule has 2 heteroatoms. The third-order valence-electron chi connectivity index (χ3n) is 5.17. The molecule has 0 heterocycles. The maximum Gasteiger partial charge on any atom is 0.118 e. The number of methoxy groups -OCH3 is 1. The van der Waals surface area contributed by atoms with E-state index in [1.165, 1.54) is 31.2 Å². The number of hydrogen-bond acceptors (Lipinski definition) is 2. The highest BCUT2D eigenvalue weighted by atomic mass is 16.5. The molecule has 104 valence electrons. The van der Waals surface area contributed by atoms with E-state index < -0.39 is 0 Å². The van der Waals surface area contributed by atoms with Crippen LogP contribution in [0.15, 0.2) is 24.3 Å². The topological polar surface area (TPSA) is 29.5 Å². The van der Waals surface area contributed by atoms with Gasteiger partial charge < -0.3 is 9.84 Å². The Balaban J connectivity index is 1.51. The van der Waals surface area contributed by atoms with Crippen LogP contribution in [0.3, 0.4) is 0 Å². The van der Waals surface area contributed by atoms with Gasteiger partial charge in [-0.25, -0.2) is 0 Å². The molecule has 1 aromatic carbocycles. The monoisotopic (exact) mass is 260 g/mol. The first-order valence-electron chi connectivity index (χ1n) is 7.57. The summed E-state index contributed by atoms with van der Waals surface area (Å²) >= 11 is 0. The quantitative estimate of drug-likeness (QED) is 0.879. The highest BCUT2D eigenvalue weighted by molar-refractivity contribution is 5.27. The Morgan fingerprint density at radius 2 is 2.00 bits per heavy atom. The summed E-state index contributed by atoms with van der Waals surface area (Å²) in [5.74, 6) is 3.22. The predicted molar refractivity (Wildman–Crippen MR) is 76.3 cm³/mol. The molecule has 0 saturated heterocycles. The van der Waals surface area contributed by atoms with E-state index in [-0.39, 0.29) is 6.10 Å². The van der Waals surface area contributed by atoms with Crippen molar-refractivity contribution in [3.63, 3.8) is 0 Å². The van der Waals surface area contributed by atoms with Gasteiger partial charge >= 0.3 is 0 Å². The van der Waals surface area contributed by atoms with Gasteiger partial charge in [-0.3, -0.25) is 0 Å². The minimum atomic E-state index is -0.0996. The normalized spacial score (nSPS) is 30.5. The number of ether oxygens (including phenoxy) is 1. The molecule has 0 aliphatic heterocycles. The molecule has 1 aromatic rings. The summed E-state index contributed by atoms with van der Waals surface area (Å²) in [6.45, 7) is 0. The van der Waals surface area contributed by atoms with E-state index in [1.807, 2.05) is 12.1 Å². The Morgan fingerprint density at radius 1 is 1.21 bits per heavy atom. The fourth-order valence-corrected chi connectivity index (χ4v) is 4.09. The molecule has 2 bridgehead atoms. The molecule has 1 N–H and O–H groups in total. The van der Waals surface area contributed by atoms with Crippen molar-refractivity contribution in [2.75, 3.05) is 7.11 Å². The van der Waals surface area contributed by atoms with Gasteiger partial charge in [0, 0.05) is 0 Å². The van der Waals surface area contributed by atoms with Crippen LogP contribution in [0.2, 0.25) is 0 Å². The van der Waals surface area contributed by atoms with E-state index in [0.29, 0.717) is 5.92 Å². The molecule has 4 atom stereocenters. The lowest BCUT2D eigenvalue weighted by molar-refractivity contribution is 0.0678. The Kier molecular flexibility index (Phi) is 3.79. The fourth-order valence-electron chi connectivity index (χ4n) is 4.09. The maximum atomic E-state index is 10.4. The highest BCUT2D eigenvalue weighted by Gasteiger charge is 2.42. The Bertz CT molecular complexity index is 412. The van der Waals surface area contributed by atoms with Crippen LogP contribution in [0.25, 0.3) is 0 Å². The Labute approximate surface area is 115 Å². The van der Waals surface area contributed by atoms with Crippen molar-refractivity contribution in [2.45, 2.75) is 44.6 Å². The van der Waals surface area contributed by atoms with Crippen molar-refractivity contribution in [3.8, 4) is 5.75 Å². The molecule has 2 nitrogen and oxygen atoms in total. The number of rotatable bonds is 5. The van der Waals surface area contributed by atoms with E-state index in [0.717, 1.165) is 30.4 Å². The first-order valence-corrected chi connectivity index (χ1v) is 7.57. The molecule has 2 aliphatic rings. The van der Waals surface area contributed by atoms with Gasteiger partial charge in [-0.2, -0.15) is 0 Å². The standard InChI is InChI=1S/C17H24O2/c1-19-15-7-3-12(4-8-15)5-9-17(18)16-11-13-2-6-14(16)10-13/h3-4,7-8,13-14,16-18H,2,5-6,9-11H2,1H3. The average Bonchev–Trinajstić information content (AvgIpc) is 3.08. The lowest BCUT2D eigenvalue weighted by Crippen LogP contribution is -2.26. The van der Waals surface area contributed by atoms with Gasteiger partial charge in [0.1, 0.15) is 5.75 Å². The van der Waals surface area contributed by atoms with Crippen LogP contribution in [0, 0.1) is 17.8 Å². The van der Waals surface area contributed by atoms with Crippen molar-refractivity contribution < 1.29 is 9.84 Å². The summed E-state index contributed by atoms with van der Waals surface area (Å²) < 4.78 is 5.16. The highest BCUT2D eigenvalue weighted by Crippen LogP contribution is 2.50. The van der Waals surface area contributed by atoms with E-state index >= 15 is 0 Å². The smallest absolute Gasteiger partial charge is 0.118 e. The van der Waals surface area contributed by atoms with Gasteiger partial charge in [0.05, 0.1) is 13.2 Å². The van der Waals surface area contributed by atoms with E-state index in [2.05, 4.69) is 12.1 Å². The minimum absolute atomic E-state index is 0.0996. The molecular formula is C17H24O2. The second-order valence-electron chi connectivity index (χ2n) is 6.29. The fraction of sp³-hybridized carbons (Fsp3) is 0.647. The second kappa shape index (κ2) is 5.54. The number of aliphatic hydroxyl groups excluding tert-OH is 1.